The van der Waals surface area contributed by atoms with Gasteiger partial charge in [-0.3, -0.25) is 19.5 Å². The molecule has 7 rings (SSSR count). The summed E-state index contributed by atoms with van der Waals surface area (Å²) in [7, 11) is 1.65. The molecule has 45 heavy (non-hydrogen) atoms. The molecule has 0 unspecified atom stereocenters. The van der Waals surface area contributed by atoms with Gasteiger partial charge < -0.3 is 26.7 Å². The number of rotatable bonds is 10. The predicted molar refractivity (Wildman–Crippen MR) is 181 cm³/mol. The van der Waals surface area contributed by atoms with Crippen LogP contribution in [-0.4, -0.2) is 85.8 Å². The van der Waals surface area contributed by atoms with Crippen LogP contribution in [0.15, 0.2) is 58.5 Å². The number of likely N-dealkylation sites (tertiary alicyclic amines) is 1. The molecule has 10 heteroatoms. The number of nitrogens with two attached hydrogens (primary N) is 2. The topological polar surface area (TPSA) is 144 Å². The third-order valence-corrected chi connectivity index (χ3v) is 10.2. The quantitative estimate of drug-likeness (QED) is 0.214. The largest absolute Gasteiger partial charge is 0.398 e. The second-order valence-corrected chi connectivity index (χ2v) is 13.0. The summed E-state index contributed by atoms with van der Waals surface area (Å²) in [6.45, 7) is 5.37. The number of anilines is 2. The molecule has 2 amide bonds. The molecule has 2 bridgehead atoms. The smallest absolute Gasteiger partial charge is 0.237 e. The second kappa shape index (κ2) is 12.6. The van der Waals surface area contributed by atoms with Gasteiger partial charge in [0.2, 0.25) is 11.8 Å². The van der Waals surface area contributed by atoms with E-state index in [-0.39, 0.29) is 23.1 Å². The van der Waals surface area contributed by atoms with Crippen LogP contribution < -0.4 is 16.4 Å². The Hall–Kier alpha value is -4.31. The molecule has 0 spiro atoms. The predicted octanol–water partition coefficient (Wildman–Crippen LogP) is 3.79. The minimum Gasteiger partial charge on any atom is -0.398 e. The first-order chi connectivity index (χ1) is 21.7. The molecule has 2 heterocycles. The number of hydrogen-bond donors (Lipinski definition) is 3. The maximum Gasteiger partial charge on any atom is 0.237 e. The van der Waals surface area contributed by atoms with Gasteiger partial charge >= 0.3 is 0 Å². The number of amidine groups is 1. The molecule has 5 N–H and O–H groups in total. The van der Waals surface area contributed by atoms with Gasteiger partial charge in [0.15, 0.2) is 0 Å². The van der Waals surface area contributed by atoms with Crippen molar-refractivity contribution in [2.24, 2.45) is 33.0 Å². The SMILES string of the molecule is CCN(C(=O)[C@@H]1CCN(CC(=O)N2CC=C(c3ccc(C(N)=NC=NC)cc3)CC2)C1)c1ccc(N)c(C(=N)C23CC(C2)C3)c1. The van der Waals surface area contributed by atoms with Gasteiger partial charge in [-0.2, -0.15) is 0 Å². The van der Waals surface area contributed by atoms with Gasteiger partial charge in [-0.15, -0.1) is 0 Å². The summed E-state index contributed by atoms with van der Waals surface area (Å²) in [6.07, 6.45) is 8.34. The van der Waals surface area contributed by atoms with Gasteiger partial charge in [0, 0.05) is 66.9 Å². The molecule has 236 valence electrons. The molecule has 3 saturated carbocycles. The van der Waals surface area contributed by atoms with Gasteiger partial charge in [0.1, 0.15) is 12.2 Å². The molecule has 2 aliphatic heterocycles. The highest BCUT2D eigenvalue weighted by Gasteiger charge is 2.59. The molecule has 0 aromatic heterocycles. The minimum atomic E-state index is -0.167. The van der Waals surface area contributed by atoms with Crippen molar-refractivity contribution in [1.29, 1.82) is 5.41 Å². The zero-order valence-corrected chi connectivity index (χ0v) is 26.3. The average Bonchev–Trinajstić information content (AvgIpc) is 3.48. The molecule has 2 aromatic carbocycles. The standard InChI is InChI=1S/C35H44N8O2/c1-3-43(28-8-9-30(36)29(16-28)32(37)35-17-23(18-35)19-35)34(45)27-10-13-41(20-27)21-31(44)42-14-11-25(12-15-42)24-4-6-26(7-5-24)33(38)40-22-39-2/h4-9,11,16,22-23,27,37H,3,10,12-15,17-21,36H2,1-2H3,(H2,38,39,40)/t23?,27-,35?/m1/s1. The van der Waals surface area contributed by atoms with Crippen LogP contribution in [0.2, 0.25) is 0 Å². The van der Waals surface area contributed by atoms with Crippen LogP contribution in [0.4, 0.5) is 11.4 Å². The zero-order valence-electron chi connectivity index (χ0n) is 26.3. The van der Waals surface area contributed by atoms with Gasteiger partial charge in [0.25, 0.3) is 0 Å². The lowest BCUT2D eigenvalue weighted by Gasteiger charge is -2.62. The van der Waals surface area contributed by atoms with E-state index in [1.54, 1.807) is 7.05 Å². The maximum atomic E-state index is 13.7. The fraction of sp³-hybridized carbons (Fsp3) is 0.457. The fourth-order valence-electron chi connectivity index (χ4n) is 7.36. The van der Waals surface area contributed by atoms with E-state index in [9.17, 15) is 9.59 Å². The van der Waals surface area contributed by atoms with Crippen LogP contribution >= 0.6 is 0 Å². The van der Waals surface area contributed by atoms with Crippen molar-refractivity contribution in [2.45, 2.75) is 39.0 Å². The highest BCUT2D eigenvalue weighted by Crippen LogP contribution is 2.65. The third kappa shape index (κ3) is 6.03. The summed E-state index contributed by atoms with van der Waals surface area (Å²) in [4.78, 5) is 40.7. The Labute approximate surface area is 265 Å². The molecular formula is C35H44N8O2. The number of carbonyl (C=O) groups excluding carboxylic acids is 2. The minimum absolute atomic E-state index is 0.00301. The van der Waals surface area contributed by atoms with E-state index in [1.165, 1.54) is 11.9 Å². The Bertz CT molecular complexity index is 1560. The van der Waals surface area contributed by atoms with Crippen molar-refractivity contribution in [1.82, 2.24) is 9.80 Å². The van der Waals surface area contributed by atoms with Crippen molar-refractivity contribution in [3.05, 3.63) is 65.2 Å². The number of nitrogens with one attached hydrogen (secondary N) is 1. The first-order valence-electron chi connectivity index (χ1n) is 16.1. The molecule has 3 aliphatic carbocycles. The number of nitrogen functional groups attached to an aromatic ring is 1. The van der Waals surface area contributed by atoms with E-state index < -0.39 is 0 Å². The third-order valence-electron chi connectivity index (χ3n) is 10.2. The van der Waals surface area contributed by atoms with E-state index in [4.69, 9.17) is 16.9 Å². The first kappa shape index (κ1) is 30.7. The summed E-state index contributed by atoms with van der Waals surface area (Å²) < 4.78 is 0. The molecular weight excluding hydrogens is 564 g/mol. The summed E-state index contributed by atoms with van der Waals surface area (Å²) in [5.74, 6) is 1.20. The van der Waals surface area contributed by atoms with Gasteiger partial charge in [-0.1, -0.05) is 30.3 Å². The number of hydrogen-bond acceptors (Lipinski definition) is 6. The van der Waals surface area contributed by atoms with E-state index in [0.717, 1.165) is 66.9 Å². The molecule has 1 atom stereocenters. The highest BCUT2D eigenvalue weighted by atomic mass is 16.2. The van der Waals surface area contributed by atoms with E-state index in [2.05, 4.69) is 21.0 Å². The van der Waals surface area contributed by atoms with Crippen LogP contribution in [0.1, 0.15) is 55.7 Å². The number of amides is 2. The Balaban J connectivity index is 1.02. The van der Waals surface area contributed by atoms with E-state index in [0.29, 0.717) is 50.0 Å². The van der Waals surface area contributed by atoms with Crippen molar-refractivity contribution < 1.29 is 9.59 Å². The number of nitrogens with zero attached hydrogens (tertiary/aromatic N) is 5. The van der Waals surface area contributed by atoms with Crippen LogP contribution in [0, 0.1) is 22.7 Å². The van der Waals surface area contributed by atoms with Crippen molar-refractivity contribution in [2.75, 3.05) is 56.9 Å². The number of carbonyl (C=O) groups is 2. The second-order valence-electron chi connectivity index (χ2n) is 13.0. The summed E-state index contributed by atoms with van der Waals surface area (Å²) in [6, 6.07) is 13.7. The summed E-state index contributed by atoms with van der Waals surface area (Å²) in [5, 5.41) is 8.86. The van der Waals surface area contributed by atoms with Crippen LogP contribution in [0.25, 0.3) is 5.57 Å². The summed E-state index contributed by atoms with van der Waals surface area (Å²) >= 11 is 0. The zero-order chi connectivity index (χ0) is 31.7. The van der Waals surface area contributed by atoms with Crippen LogP contribution in [0.5, 0.6) is 0 Å². The normalized spacial score (nSPS) is 24.6. The molecule has 4 fully saturated rings. The molecule has 5 aliphatic rings. The highest BCUT2D eigenvalue weighted by molar-refractivity contribution is 6.09. The molecule has 1 saturated heterocycles. The van der Waals surface area contributed by atoms with Crippen LogP contribution in [-0.2, 0) is 9.59 Å². The van der Waals surface area contributed by atoms with Crippen LogP contribution in [0.3, 0.4) is 0 Å². The maximum absolute atomic E-state index is 13.7. The van der Waals surface area contributed by atoms with E-state index in [1.807, 2.05) is 59.2 Å². The Morgan fingerprint density at radius 2 is 1.89 bits per heavy atom. The number of aliphatic imine (C=N–C) groups is 2. The monoisotopic (exact) mass is 608 g/mol. The fourth-order valence-corrected chi connectivity index (χ4v) is 7.36. The Kier molecular flexibility index (Phi) is 8.59. The molecule has 10 nitrogen and oxygen atoms in total. The van der Waals surface area contributed by atoms with Gasteiger partial charge in [-0.05, 0) is 80.8 Å². The van der Waals surface area contributed by atoms with Gasteiger partial charge in [0.05, 0.1) is 12.5 Å². The molecule has 0 radical (unpaired) electrons. The van der Waals surface area contributed by atoms with Crippen molar-refractivity contribution >= 4 is 46.6 Å². The lowest BCUT2D eigenvalue weighted by molar-refractivity contribution is -0.132. The Morgan fingerprint density at radius 3 is 2.51 bits per heavy atom. The average molecular weight is 609 g/mol. The lowest BCUT2D eigenvalue weighted by atomic mass is 9.42. The van der Waals surface area contributed by atoms with E-state index >= 15 is 0 Å². The number of benzene rings is 2. The Morgan fingerprint density at radius 1 is 1.13 bits per heavy atom. The van der Waals surface area contributed by atoms with Gasteiger partial charge in [-0.25, -0.2) is 4.99 Å². The first-order valence-corrected chi connectivity index (χ1v) is 16.1. The molecule has 2 aromatic rings. The van der Waals surface area contributed by atoms with Crippen molar-refractivity contribution in [3.8, 4) is 0 Å². The van der Waals surface area contributed by atoms with Crippen molar-refractivity contribution in [3.63, 3.8) is 0 Å². The lowest BCUT2D eigenvalue weighted by Crippen LogP contribution is -2.56. The summed E-state index contributed by atoms with van der Waals surface area (Å²) in [5.41, 5.74) is 18.3.